The Bertz CT molecular complexity index is 959. The summed E-state index contributed by atoms with van der Waals surface area (Å²) in [6, 6.07) is 10.2. The monoisotopic (exact) mass is 475 g/mol. The van der Waals surface area contributed by atoms with Crippen LogP contribution >= 0.6 is 23.2 Å². The van der Waals surface area contributed by atoms with Gasteiger partial charge in [0.25, 0.3) is 0 Å². The van der Waals surface area contributed by atoms with Crippen molar-refractivity contribution in [2.24, 2.45) is 5.92 Å². The highest BCUT2D eigenvalue weighted by molar-refractivity contribution is 6.33. The number of amides is 1. The van der Waals surface area contributed by atoms with Gasteiger partial charge in [0.2, 0.25) is 5.91 Å². The number of carboxylic acids is 1. The van der Waals surface area contributed by atoms with Crippen molar-refractivity contribution >= 4 is 40.8 Å². The standard InChI is InChI=1S/C22H22Cl2F3NO3/c1-12(22(25,26)27)19(13-4-7-15(23)8-5-13)20(31)28-17-10-14(6-9-16(17)24)21(2,3)11-18(29)30/h4-10,12,19H,11H2,1-3H3,(H,28,31)(H,29,30)/t12-,19+/m1/s1. The largest absolute Gasteiger partial charge is 0.481 e. The predicted molar refractivity (Wildman–Crippen MR) is 115 cm³/mol. The van der Waals surface area contributed by atoms with Gasteiger partial charge in [-0.05, 0) is 35.4 Å². The lowest BCUT2D eigenvalue weighted by molar-refractivity contribution is -0.178. The van der Waals surface area contributed by atoms with Crippen LogP contribution in [-0.4, -0.2) is 23.2 Å². The summed E-state index contributed by atoms with van der Waals surface area (Å²) in [4.78, 5) is 24.1. The molecular weight excluding hydrogens is 454 g/mol. The lowest BCUT2D eigenvalue weighted by Gasteiger charge is -2.27. The van der Waals surface area contributed by atoms with Crippen LogP contribution in [0.3, 0.4) is 0 Å². The maximum Gasteiger partial charge on any atom is 0.392 e. The number of aliphatic carboxylic acids is 1. The minimum atomic E-state index is -4.61. The zero-order valence-electron chi connectivity index (χ0n) is 17.1. The van der Waals surface area contributed by atoms with Crippen molar-refractivity contribution < 1.29 is 27.9 Å². The van der Waals surface area contributed by atoms with E-state index >= 15 is 0 Å². The minimum absolute atomic E-state index is 0.107. The molecule has 1 amide bonds. The summed E-state index contributed by atoms with van der Waals surface area (Å²) in [7, 11) is 0. The van der Waals surface area contributed by atoms with Crippen molar-refractivity contribution in [3.8, 4) is 0 Å². The summed E-state index contributed by atoms with van der Waals surface area (Å²) >= 11 is 12.0. The molecule has 0 saturated carbocycles. The summed E-state index contributed by atoms with van der Waals surface area (Å²) in [5, 5.41) is 12.1. The molecule has 0 aromatic heterocycles. The van der Waals surface area contributed by atoms with Crippen LogP contribution in [0.25, 0.3) is 0 Å². The molecule has 31 heavy (non-hydrogen) atoms. The number of benzene rings is 2. The molecule has 168 valence electrons. The first kappa shape index (κ1) is 25.0. The maximum atomic E-state index is 13.5. The Labute approximate surface area is 188 Å². The first-order valence-electron chi connectivity index (χ1n) is 9.37. The fourth-order valence-electron chi connectivity index (χ4n) is 3.26. The molecule has 2 rings (SSSR count). The topological polar surface area (TPSA) is 66.4 Å². The van der Waals surface area contributed by atoms with Crippen molar-refractivity contribution in [3.63, 3.8) is 0 Å². The summed E-state index contributed by atoms with van der Waals surface area (Å²) in [6.45, 7) is 4.35. The average Bonchev–Trinajstić information content (AvgIpc) is 2.63. The summed E-state index contributed by atoms with van der Waals surface area (Å²) in [6.07, 6.45) is -4.79. The van der Waals surface area contributed by atoms with E-state index in [1.54, 1.807) is 19.9 Å². The highest BCUT2D eigenvalue weighted by Gasteiger charge is 2.45. The van der Waals surface area contributed by atoms with E-state index in [4.69, 9.17) is 28.3 Å². The lowest BCUT2D eigenvalue weighted by Crippen LogP contribution is -2.34. The van der Waals surface area contributed by atoms with Crippen molar-refractivity contribution in [1.82, 2.24) is 0 Å². The molecule has 2 aromatic carbocycles. The molecule has 0 unspecified atom stereocenters. The third-order valence-electron chi connectivity index (χ3n) is 5.13. The number of anilines is 1. The minimum Gasteiger partial charge on any atom is -0.481 e. The van der Waals surface area contributed by atoms with Crippen LogP contribution < -0.4 is 5.32 Å². The maximum absolute atomic E-state index is 13.5. The van der Waals surface area contributed by atoms with E-state index in [2.05, 4.69) is 5.32 Å². The number of carbonyl (C=O) groups excluding carboxylic acids is 1. The van der Waals surface area contributed by atoms with Gasteiger partial charge < -0.3 is 10.4 Å². The van der Waals surface area contributed by atoms with E-state index in [0.717, 1.165) is 6.92 Å². The number of nitrogens with one attached hydrogen (secondary N) is 1. The van der Waals surface area contributed by atoms with Gasteiger partial charge in [-0.3, -0.25) is 9.59 Å². The molecule has 0 aliphatic heterocycles. The average molecular weight is 476 g/mol. The number of hydrogen-bond donors (Lipinski definition) is 2. The molecule has 0 radical (unpaired) electrons. The number of carbonyl (C=O) groups is 2. The van der Waals surface area contributed by atoms with Crippen LogP contribution in [0.4, 0.5) is 18.9 Å². The fraction of sp³-hybridized carbons (Fsp3) is 0.364. The molecule has 0 bridgehead atoms. The van der Waals surface area contributed by atoms with Gasteiger partial charge in [-0.15, -0.1) is 0 Å². The third kappa shape index (κ3) is 6.37. The molecule has 2 atom stereocenters. The Balaban J connectivity index is 2.42. The highest BCUT2D eigenvalue weighted by Crippen LogP contribution is 2.39. The van der Waals surface area contributed by atoms with Crippen LogP contribution in [0.2, 0.25) is 10.0 Å². The van der Waals surface area contributed by atoms with Gasteiger partial charge >= 0.3 is 12.1 Å². The Morgan fingerprint density at radius 2 is 1.65 bits per heavy atom. The highest BCUT2D eigenvalue weighted by atomic mass is 35.5. The molecule has 0 aliphatic rings. The van der Waals surface area contributed by atoms with Crippen LogP contribution in [0.1, 0.15) is 44.2 Å². The van der Waals surface area contributed by atoms with Crippen molar-refractivity contribution in [3.05, 3.63) is 63.6 Å². The molecule has 2 N–H and O–H groups in total. The molecule has 9 heteroatoms. The molecule has 4 nitrogen and oxygen atoms in total. The number of alkyl halides is 3. The van der Waals surface area contributed by atoms with Crippen molar-refractivity contribution in [2.75, 3.05) is 5.32 Å². The van der Waals surface area contributed by atoms with Gasteiger partial charge in [-0.1, -0.05) is 62.2 Å². The molecule has 2 aromatic rings. The molecule has 0 spiro atoms. The quantitative estimate of drug-likeness (QED) is 0.469. The van der Waals surface area contributed by atoms with E-state index < -0.39 is 35.3 Å². The van der Waals surface area contributed by atoms with Crippen LogP contribution in [0.5, 0.6) is 0 Å². The summed E-state index contributed by atoms with van der Waals surface area (Å²) in [5.74, 6) is -5.40. The van der Waals surface area contributed by atoms with E-state index in [0.29, 0.717) is 10.6 Å². The van der Waals surface area contributed by atoms with Gasteiger partial charge in [0.05, 0.1) is 29.0 Å². The Kier molecular flexibility index (Phi) is 7.66. The van der Waals surface area contributed by atoms with Gasteiger partial charge in [0.1, 0.15) is 0 Å². The van der Waals surface area contributed by atoms with E-state index in [1.807, 2.05) is 0 Å². The van der Waals surface area contributed by atoms with Gasteiger partial charge in [0, 0.05) is 10.4 Å². The SMILES string of the molecule is C[C@H]([C@H](C(=O)Nc1cc(C(C)(C)CC(=O)O)ccc1Cl)c1ccc(Cl)cc1)C(F)(F)F. The zero-order valence-corrected chi connectivity index (χ0v) is 18.6. The van der Waals surface area contributed by atoms with E-state index in [-0.39, 0.29) is 22.7 Å². The summed E-state index contributed by atoms with van der Waals surface area (Å²) < 4.78 is 40.5. The van der Waals surface area contributed by atoms with Crippen LogP contribution in [-0.2, 0) is 15.0 Å². The second-order valence-corrected chi connectivity index (χ2v) is 8.84. The van der Waals surface area contributed by atoms with E-state index in [9.17, 15) is 22.8 Å². The zero-order chi connectivity index (χ0) is 23.6. The van der Waals surface area contributed by atoms with Crippen LogP contribution in [0, 0.1) is 5.92 Å². The molecule has 0 aliphatic carbocycles. The van der Waals surface area contributed by atoms with Gasteiger partial charge in [-0.2, -0.15) is 13.2 Å². The Morgan fingerprint density at radius 1 is 1.06 bits per heavy atom. The number of hydrogen-bond acceptors (Lipinski definition) is 2. The smallest absolute Gasteiger partial charge is 0.392 e. The Hall–Kier alpha value is -2.25. The number of halogens is 5. The van der Waals surface area contributed by atoms with Gasteiger partial charge in [0.15, 0.2) is 0 Å². The molecular formula is C22H22Cl2F3NO3. The van der Waals surface area contributed by atoms with E-state index in [1.165, 1.54) is 36.4 Å². The first-order valence-corrected chi connectivity index (χ1v) is 10.1. The number of rotatable bonds is 7. The second-order valence-electron chi connectivity index (χ2n) is 8.00. The Morgan fingerprint density at radius 3 is 2.16 bits per heavy atom. The van der Waals surface area contributed by atoms with Gasteiger partial charge in [-0.25, -0.2) is 0 Å². The summed E-state index contributed by atoms with van der Waals surface area (Å²) in [5.41, 5.74) is 0.0489. The fourth-order valence-corrected chi connectivity index (χ4v) is 3.55. The van der Waals surface area contributed by atoms with Crippen LogP contribution in [0.15, 0.2) is 42.5 Å². The molecule has 0 fully saturated rings. The predicted octanol–water partition coefficient (Wildman–Crippen LogP) is 6.67. The molecule has 0 heterocycles. The molecule has 0 saturated heterocycles. The third-order valence-corrected chi connectivity index (χ3v) is 5.71. The second kappa shape index (κ2) is 9.49. The van der Waals surface area contributed by atoms with Crippen molar-refractivity contribution in [1.29, 1.82) is 0 Å². The first-order chi connectivity index (χ1) is 14.2. The lowest BCUT2D eigenvalue weighted by atomic mass is 9.81. The van der Waals surface area contributed by atoms with Crippen molar-refractivity contribution in [2.45, 2.75) is 44.7 Å². The number of carboxylic acid groups (broad SMARTS) is 1. The normalized spacial score (nSPS) is 14.1.